The van der Waals surface area contributed by atoms with Gasteiger partial charge in [0.15, 0.2) is 0 Å². The number of nitrogens with zero attached hydrogens (tertiary/aromatic N) is 1. The van der Waals surface area contributed by atoms with Gasteiger partial charge >= 0.3 is 5.97 Å². The molecule has 0 atom stereocenters. The minimum atomic E-state index is -0.730. The van der Waals surface area contributed by atoms with E-state index >= 15 is 0 Å². The second kappa shape index (κ2) is 6.00. The molecular formula is C13H17NO3S. The Morgan fingerprint density at radius 2 is 2.11 bits per heavy atom. The quantitative estimate of drug-likeness (QED) is 0.911. The van der Waals surface area contributed by atoms with Crippen LogP contribution in [0.1, 0.15) is 36.0 Å². The number of carboxylic acids is 1. The maximum atomic E-state index is 12.1. The monoisotopic (exact) mass is 267 g/mol. The van der Waals surface area contributed by atoms with Crippen molar-refractivity contribution in [2.45, 2.75) is 25.7 Å². The van der Waals surface area contributed by atoms with Gasteiger partial charge in [-0.1, -0.05) is 0 Å². The van der Waals surface area contributed by atoms with Crippen molar-refractivity contribution in [3.63, 3.8) is 0 Å². The van der Waals surface area contributed by atoms with E-state index in [1.54, 1.807) is 0 Å². The van der Waals surface area contributed by atoms with Gasteiger partial charge in [0.1, 0.15) is 0 Å². The summed E-state index contributed by atoms with van der Waals surface area (Å²) in [6.45, 7) is 1.50. The van der Waals surface area contributed by atoms with Gasteiger partial charge in [-0.25, -0.2) is 0 Å². The number of piperidine rings is 1. The fourth-order valence-electron chi connectivity index (χ4n) is 2.32. The Bertz CT molecular complexity index is 408. The summed E-state index contributed by atoms with van der Waals surface area (Å²) >= 11 is 1.53. The Balaban J connectivity index is 1.80. The van der Waals surface area contributed by atoms with Crippen LogP contribution in [0.15, 0.2) is 16.8 Å². The van der Waals surface area contributed by atoms with E-state index in [4.69, 9.17) is 5.11 Å². The molecule has 0 bridgehead atoms. The van der Waals surface area contributed by atoms with E-state index in [0.29, 0.717) is 5.92 Å². The Morgan fingerprint density at radius 1 is 1.39 bits per heavy atom. The molecule has 1 amide bonds. The lowest BCUT2D eigenvalue weighted by atomic mass is 9.92. The molecule has 2 heterocycles. The van der Waals surface area contributed by atoms with Crippen LogP contribution < -0.4 is 0 Å². The molecule has 1 aliphatic rings. The predicted octanol–water partition coefficient (Wildman–Crippen LogP) is 2.47. The molecular weight excluding hydrogens is 250 g/mol. The van der Waals surface area contributed by atoms with Crippen molar-refractivity contribution in [2.24, 2.45) is 5.92 Å². The molecule has 98 valence electrons. The van der Waals surface area contributed by atoms with E-state index in [1.165, 1.54) is 11.3 Å². The lowest BCUT2D eigenvalue weighted by Gasteiger charge is -2.31. The third-order valence-electron chi connectivity index (χ3n) is 3.44. The van der Waals surface area contributed by atoms with Gasteiger partial charge in [-0.15, -0.1) is 0 Å². The largest absolute Gasteiger partial charge is 0.481 e. The number of carbonyl (C=O) groups excluding carboxylic acids is 1. The summed E-state index contributed by atoms with van der Waals surface area (Å²) in [7, 11) is 0. The third-order valence-corrected chi connectivity index (χ3v) is 4.12. The average molecular weight is 267 g/mol. The molecule has 1 N–H and O–H groups in total. The minimum Gasteiger partial charge on any atom is -0.481 e. The third kappa shape index (κ3) is 3.32. The molecule has 0 radical (unpaired) electrons. The van der Waals surface area contributed by atoms with Crippen LogP contribution >= 0.6 is 11.3 Å². The lowest BCUT2D eigenvalue weighted by Crippen LogP contribution is -2.38. The Morgan fingerprint density at radius 3 is 2.67 bits per heavy atom. The summed E-state index contributed by atoms with van der Waals surface area (Å²) in [5, 5.41) is 12.4. The summed E-state index contributed by atoms with van der Waals surface area (Å²) in [5.74, 6) is -0.174. The molecule has 0 spiro atoms. The van der Waals surface area contributed by atoms with Crippen molar-refractivity contribution in [3.8, 4) is 0 Å². The van der Waals surface area contributed by atoms with Crippen LogP contribution in [0, 0.1) is 5.92 Å². The van der Waals surface area contributed by atoms with E-state index < -0.39 is 5.97 Å². The van der Waals surface area contributed by atoms with Crippen LogP contribution in [-0.2, 0) is 4.79 Å². The summed E-state index contributed by atoms with van der Waals surface area (Å²) in [4.78, 5) is 24.5. The van der Waals surface area contributed by atoms with Crippen molar-refractivity contribution in [3.05, 3.63) is 22.4 Å². The Hall–Kier alpha value is -1.36. The maximum absolute atomic E-state index is 12.1. The van der Waals surface area contributed by atoms with Crippen LogP contribution in [-0.4, -0.2) is 35.0 Å². The van der Waals surface area contributed by atoms with Gasteiger partial charge in [0, 0.05) is 24.9 Å². The number of carboxylic acid groups (broad SMARTS) is 1. The summed E-state index contributed by atoms with van der Waals surface area (Å²) in [6.07, 6.45) is 2.81. The second-order valence-corrected chi connectivity index (χ2v) is 5.46. The van der Waals surface area contributed by atoms with E-state index in [9.17, 15) is 9.59 Å². The highest BCUT2D eigenvalue weighted by molar-refractivity contribution is 7.08. The van der Waals surface area contributed by atoms with Gasteiger partial charge < -0.3 is 10.0 Å². The van der Waals surface area contributed by atoms with Gasteiger partial charge in [-0.05, 0) is 36.6 Å². The molecule has 0 unspecified atom stereocenters. The molecule has 4 nitrogen and oxygen atoms in total. The predicted molar refractivity (Wildman–Crippen MR) is 69.8 cm³/mol. The van der Waals surface area contributed by atoms with Crippen molar-refractivity contribution in [2.75, 3.05) is 13.1 Å². The number of hydrogen-bond donors (Lipinski definition) is 1. The Kier molecular flexibility index (Phi) is 4.36. The normalized spacial score (nSPS) is 16.8. The van der Waals surface area contributed by atoms with Crippen molar-refractivity contribution >= 4 is 23.2 Å². The zero-order valence-corrected chi connectivity index (χ0v) is 11.0. The number of carbonyl (C=O) groups is 2. The average Bonchev–Trinajstić information content (AvgIpc) is 2.90. The zero-order chi connectivity index (χ0) is 13.0. The standard InChI is InChI=1S/C13H17NO3S/c15-12(16)2-1-10-3-6-14(7-4-10)13(17)11-5-8-18-9-11/h5,8-10H,1-4,6-7H2,(H,15,16). The van der Waals surface area contributed by atoms with Gasteiger partial charge in [-0.3, -0.25) is 9.59 Å². The maximum Gasteiger partial charge on any atom is 0.303 e. The van der Waals surface area contributed by atoms with Gasteiger partial charge in [-0.2, -0.15) is 11.3 Å². The highest BCUT2D eigenvalue weighted by Crippen LogP contribution is 2.23. The van der Waals surface area contributed by atoms with Crippen LogP contribution in [0.5, 0.6) is 0 Å². The number of likely N-dealkylation sites (tertiary alicyclic amines) is 1. The second-order valence-electron chi connectivity index (χ2n) is 4.68. The first-order chi connectivity index (χ1) is 8.66. The van der Waals surface area contributed by atoms with E-state index in [2.05, 4.69) is 0 Å². The molecule has 1 aromatic rings. The first-order valence-electron chi connectivity index (χ1n) is 6.20. The van der Waals surface area contributed by atoms with Crippen LogP contribution in [0.4, 0.5) is 0 Å². The topological polar surface area (TPSA) is 57.6 Å². The number of thiophene rings is 1. The van der Waals surface area contributed by atoms with Gasteiger partial charge in [0.2, 0.25) is 0 Å². The van der Waals surface area contributed by atoms with E-state index in [0.717, 1.165) is 37.9 Å². The highest BCUT2D eigenvalue weighted by atomic mass is 32.1. The number of aliphatic carboxylic acids is 1. The molecule has 0 aliphatic carbocycles. The van der Waals surface area contributed by atoms with Gasteiger partial charge in [0.25, 0.3) is 5.91 Å². The van der Waals surface area contributed by atoms with E-state index in [1.807, 2.05) is 21.7 Å². The molecule has 0 saturated carbocycles. The molecule has 1 aliphatic heterocycles. The van der Waals surface area contributed by atoms with Crippen molar-refractivity contribution < 1.29 is 14.7 Å². The van der Waals surface area contributed by atoms with Crippen LogP contribution in [0.3, 0.4) is 0 Å². The molecule has 1 fully saturated rings. The molecule has 2 rings (SSSR count). The fraction of sp³-hybridized carbons (Fsp3) is 0.538. The van der Waals surface area contributed by atoms with E-state index in [-0.39, 0.29) is 12.3 Å². The number of hydrogen-bond acceptors (Lipinski definition) is 3. The molecule has 5 heteroatoms. The first kappa shape index (κ1) is 13.1. The van der Waals surface area contributed by atoms with Gasteiger partial charge in [0.05, 0.1) is 5.56 Å². The fourth-order valence-corrected chi connectivity index (χ4v) is 2.95. The SMILES string of the molecule is O=C(O)CCC1CCN(C(=O)c2ccsc2)CC1. The number of amides is 1. The van der Waals surface area contributed by atoms with Crippen molar-refractivity contribution in [1.29, 1.82) is 0 Å². The molecule has 1 aromatic heterocycles. The molecule has 1 saturated heterocycles. The zero-order valence-electron chi connectivity index (χ0n) is 10.2. The van der Waals surface area contributed by atoms with Crippen LogP contribution in [0.25, 0.3) is 0 Å². The Labute approximate surface area is 110 Å². The highest BCUT2D eigenvalue weighted by Gasteiger charge is 2.23. The summed E-state index contributed by atoms with van der Waals surface area (Å²) in [6, 6.07) is 1.85. The molecule has 18 heavy (non-hydrogen) atoms. The van der Waals surface area contributed by atoms with Crippen molar-refractivity contribution in [1.82, 2.24) is 4.90 Å². The summed E-state index contributed by atoms with van der Waals surface area (Å²) < 4.78 is 0. The summed E-state index contributed by atoms with van der Waals surface area (Å²) in [5.41, 5.74) is 0.768. The number of rotatable bonds is 4. The van der Waals surface area contributed by atoms with Crippen LogP contribution in [0.2, 0.25) is 0 Å². The smallest absolute Gasteiger partial charge is 0.303 e. The lowest BCUT2D eigenvalue weighted by molar-refractivity contribution is -0.137. The minimum absolute atomic E-state index is 0.105. The first-order valence-corrected chi connectivity index (χ1v) is 7.14. The molecule has 0 aromatic carbocycles.